The second-order valence-electron chi connectivity index (χ2n) is 6.00. The fourth-order valence-corrected chi connectivity index (χ4v) is 3.33. The summed E-state index contributed by atoms with van der Waals surface area (Å²) in [5, 5.41) is 0.593. The van der Waals surface area contributed by atoms with E-state index in [0.29, 0.717) is 18.1 Å². The summed E-state index contributed by atoms with van der Waals surface area (Å²) in [6, 6.07) is 6.96. The lowest BCUT2D eigenvalue weighted by atomic mass is 10.2. The second-order valence-corrected chi connectivity index (χ2v) is 8.41. The van der Waals surface area contributed by atoms with Crippen LogP contribution in [0.2, 0.25) is 5.02 Å². The first-order valence-electron chi connectivity index (χ1n) is 7.54. The molecule has 0 aromatic heterocycles. The fourth-order valence-electron chi connectivity index (χ4n) is 2.47. The largest absolute Gasteiger partial charge is 0.334 e. The Morgan fingerprint density at radius 2 is 1.83 bits per heavy atom. The van der Waals surface area contributed by atoms with Crippen LogP contribution in [0.25, 0.3) is 0 Å². The zero-order chi connectivity index (χ0) is 17.0. The van der Waals surface area contributed by atoms with Crippen LogP contribution < -0.4 is 4.90 Å². The van der Waals surface area contributed by atoms with E-state index in [1.165, 1.54) is 9.21 Å². The van der Waals surface area contributed by atoms with Crippen LogP contribution >= 0.6 is 11.6 Å². The Morgan fingerprint density at radius 3 is 2.35 bits per heavy atom. The summed E-state index contributed by atoms with van der Waals surface area (Å²) < 4.78 is 25.2. The van der Waals surface area contributed by atoms with Crippen molar-refractivity contribution in [3.05, 3.63) is 34.9 Å². The van der Waals surface area contributed by atoms with Gasteiger partial charge in [-0.15, -0.1) is 0 Å². The normalized spacial score (nSPS) is 16.8. The Morgan fingerprint density at radius 1 is 1.26 bits per heavy atom. The lowest BCUT2D eigenvalue weighted by Crippen LogP contribution is -3.12. The number of amides is 1. The molecule has 0 aliphatic carbocycles. The molecule has 128 valence electrons. The second kappa shape index (κ2) is 7.61. The minimum Gasteiger partial charge on any atom is -0.334 e. The van der Waals surface area contributed by atoms with E-state index in [1.54, 1.807) is 29.2 Å². The molecule has 0 saturated carbocycles. The zero-order valence-corrected chi connectivity index (χ0v) is 15.0. The monoisotopic (exact) mass is 360 g/mol. The van der Waals surface area contributed by atoms with Gasteiger partial charge in [-0.05, 0) is 17.7 Å². The number of carbonyl (C=O) groups excluding carboxylic acids is 1. The topological polar surface area (TPSA) is 62.1 Å². The van der Waals surface area contributed by atoms with E-state index in [1.807, 2.05) is 0 Å². The first-order chi connectivity index (χ1) is 10.8. The van der Waals surface area contributed by atoms with Crippen LogP contribution in [0.1, 0.15) is 5.56 Å². The molecule has 0 unspecified atom stereocenters. The summed E-state index contributed by atoms with van der Waals surface area (Å²) in [5.74, 6) is -0.142. The number of likely N-dealkylation sites (N-methyl/N-ethyl adjacent to an activating group) is 1. The van der Waals surface area contributed by atoms with Crippen LogP contribution in [0.5, 0.6) is 0 Å². The molecule has 0 spiro atoms. The minimum absolute atomic E-state index is 0.124. The highest BCUT2D eigenvalue weighted by Gasteiger charge is 2.26. The van der Waals surface area contributed by atoms with Gasteiger partial charge in [0.25, 0.3) is 0 Å². The van der Waals surface area contributed by atoms with Crippen molar-refractivity contribution in [1.82, 2.24) is 9.21 Å². The number of hydrogen-bond donors (Lipinski definition) is 1. The highest BCUT2D eigenvalue weighted by atomic mass is 35.5. The first kappa shape index (κ1) is 18.2. The van der Waals surface area contributed by atoms with E-state index in [-0.39, 0.29) is 19.0 Å². The Hall–Kier alpha value is -1.15. The van der Waals surface area contributed by atoms with Crippen LogP contribution in [0.15, 0.2) is 24.3 Å². The average molecular weight is 361 g/mol. The van der Waals surface area contributed by atoms with Gasteiger partial charge in [0.05, 0.1) is 46.0 Å². The van der Waals surface area contributed by atoms with Gasteiger partial charge in [0.15, 0.2) is 0 Å². The number of halogens is 1. The molecule has 1 aromatic carbocycles. The highest BCUT2D eigenvalue weighted by molar-refractivity contribution is 7.88. The summed E-state index contributed by atoms with van der Waals surface area (Å²) >= 11 is 5.84. The number of nitrogens with zero attached hydrogens (tertiary/aromatic N) is 2. The van der Waals surface area contributed by atoms with E-state index in [2.05, 4.69) is 7.05 Å². The summed E-state index contributed by atoms with van der Waals surface area (Å²) in [4.78, 5) is 15.5. The number of quaternary nitrogens is 1. The third-order valence-electron chi connectivity index (χ3n) is 4.02. The molecule has 1 fully saturated rings. The van der Waals surface area contributed by atoms with Crippen molar-refractivity contribution in [3.8, 4) is 0 Å². The standard InChI is InChI=1S/C15H22ClN3O3S/c1-17-7-9-18(10-8-17)15(20)12-19(23(2,21)22)11-13-3-5-14(16)6-4-13/h3-6H,7-12H2,1-2H3/p+1. The summed E-state index contributed by atoms with van der Waals surface area (Å²) in [5.41, 5.74) is 0.801. The van der Waals surface area contributed by atoms with Gasteiger partial charge in [-0.2, -0.15) is 4.31 Å². The van der Waals surface area contributed by atoms with Crippen LogP contribution in [-0.2, 0) is 21.4 Å². The first-order valence-corrected chi connectivity index (χ1v) is 9.77. The Bertz CT molecular complexity index is 640. The molecule has 1 saturated heterocycles. The third kappa shape index (κ3) is 5.46. The molecule has 8 heteroatoms. The lowest BCUT2D eigenvalue weighted by molar-refractivity contribution is -0.883. The number of rotatable bonds is 5. The molecule has 1 aromatic rings. The van der Waals surface area contributed by atoms with E-state index in [4.69, 9.17) is 11.6 Å². The lowest BCUT2D eigenvalue weighted by Gasteiger charge is -2.31. The maximum atomic E-state index is 12.4. The zero-order valence-electron chi connectivity index (χ0n) is 13.5. The van der Waals surface area contributed by atoms with Crippen molar-refractivity contribution in [3.63, 3.8) is 0 Å². The molecule has 23 heavy (non-hydrogen) atoms. The molecule has 1 aliphatic rings. The number of carbonyl (C=O) groups is 1. The number of benzene rings is 1. The summed E-state index contributed by atoms with van der Waals surface area (Å²) in [6.45, 7) is 3.16. The van der Waals surface area contributed by atoms with Crippen LogP contribution in [0.3, 0.4) is 0 Å². The minimum atomic E-state index is -3.47. The molecule has 1 aliphatic heterocycles. The van der Waals surface area contributed by atoms with Crippen molar-refractivity contribution >= 4 is 27.5 Å². The van der Waals surface area contributed by atoms with Gasteiger partial charge in [-0.25, -0.2) is 8.42 Å². The molecular formula is C15H23ClN3O3S+. The Labute approximate surface area is 142 Å². The van der Waals surface area contributed by atoms with Crippen molar-refractivity contribution in [2.24, 2.45) is 0 Å². The predicted molar refractivity (Wildman–Crippen MR) is 89.9 cm³/mol. The molecule has 1 N–H and O–H groups in total. The predicted octanol–water partition coefficient (Wildman–Crippen LogP) is -0.541. The molecule has 2 rings (SSSR count). The maximum Gasteiger partial charge on any atom is 0.238 e. The van der Waals surface area contributed by atoms with E-state index in [9.17, 15) is 13.2 Å². The molecule has 0 radical (unpaired) electrons. The van der Waals surface area contributed by atoms with Crippen molar-refractivity contribution in [1.29, 1.82) is 0 Å². The van der Waals surface area contributed by atoms with Crippen molar-refractivity contribution in [2.45, 2.75) is 6.54 Å². The Balaban J connectivity index is 2.04. The number of sulfonamides is 1. The van der Waals surface area contributed by atoms with Crippen LogP contribution in [0.4, 0.5) is 0 Å². The number of nitrogens with one attached hydrogen (secondary N) is 1. The van der Waals surface area contributed by atoms with Gasteiger partial charge in [0.1, 0.15) is 0 Å². The van der Waals surface area contributed by atoms with E-state index in [0.717, 1.165) is 24.9 Å². The van der Waals surface area contributed by atoms with Gasteiger partial charge < -0.3 is 9.80 Å². The van der Waals surface area contributed by atoms with E-state index >= 15 is 0 Å². The molecule has 6 nitrogen and oxygen atoms in total. The maximum absolute atomic E-state index is 12.4. The molecular weight excluding hydrogens is 338 g/mol. The van der Waals surface area contributed by atoms with E-state index < -0.39 is 10.0 Å². The number of hydrogen-bond acceptors (Lipinski definition) is 3. The molecule has 1 amide bonds. The third-order valence-corrected chi connectivity index (χ3v) is 5.47. The number of piperazine rings is 1. The fraction of sp³-hybridized carbons (Fsp3) is 0.533. The van der Waals surface area contributed by atoms with Crippen LogP contribution in [-0.4, -0.2) is 69.6 Å². The average Bonchev–Trinajstić information content (AvgIpc) is 2.48. The van der Waals surface area contributed by atoms with Gasteiger partial charge >= 0.3 is 0 Å². The SMILES string of the molecule is C[NH+]1CCN(C(=O)CN(Cc2ccc(Cl)cc2)S(C)(=O)=O)CC1. The van der Waals surface area contributed by atoms with Crippen LogP contribution in [0, 0.1) is 0 Å². The quantitative estimate of drug-likeness (QED) is 0.767. The summed E-state index contributed by atoms with van der Waals surface area (Å²) in [7, 11) is -1.38. The van der Waals surface area contributed by atoms with Gasteiger partial charge in [-0.3, -0.25) is 4.79 Å². The van der Waals surface area contributed by atoms with Gasteiger partial charge in [0, 0.05) is 11.6 Å². The van der Waals surface area contributed by atoms with Crippen molar-refractivity contribution in [2.75, 3.05) is 46.0 Å². The Kier molecular flexibility index (Phi) is 6.02. The molecule has 1 heterocycles. The summed E-state index contributed by atoms with van der Waals surface area (Å²) in [6.07, 6.45) is 1.13. The van der Waals surface area contributed by atoms with Crippen molar-refractivity contribution < 1.29 is 18.1 Å². The molecule has 0 atom stereocenters. The van der Waals surface area contributed by atoms with Gasteiger partial charge in [0.2, 0.25) is 15.9 Å². The van der Waals surface area contributed by atoms with Gasteiger partial charge in [-0.1, -0.05) is 23.7 Å². The smallest absolute Gasteiger partial charge is 0.238 e. The highest BCUT2D eigenvalue weighted by Crippen LogP contribution is 2.13. The molecule has 0 bridgehead atoms.